The first-order chi connectivity index (χ1) is 8.36. The van der Waals surface area contributed by atoms with Crippen LogP contribution < -0.4 is 0 Å². The maximum atomic E-state index is 12.6. The quantitative estimate of drug-likeness (QED) is 0.825. The molecule has 0 saturated carbocycles. The maximum Gasteiger partial charge on any atom is 0.337 e. The molecule has 0 aliphatic carbocycles. The van der Waals surface area contributed by atoms with Crippen LogP contribution in [0.15, 0.2) is 35.4 Å². The van der Waals surface area contributed by atoms with Crippen molar-refractivity contribution in [3.8, 4) is 0 Å². The van der Waals surface area contributed by atoms with Crippen molar-refractivity contribution >= 4 is 27.1 Å². The van der Waals surface area contributed by atoms with Crippen LogP contribution in [-0.4, -0.2) is 16.1 Å². The number of hydrogen-bond acceptors (Lipinski definition) is 2. The van der Waals surface area contributed by atoms with Crippen molar-refractivity contribution < 1.29 is 29.3 Å². The Hall–Kier alpha value is -1.90. The Labute approximate surface area is 103 Å². The highest BCUT2D eigenvalue weighted by Gasteiger charge is 2.65. The van der Waals surface area contributed by atoms with Crippen molar-refractivity contribution in [3.63, 3.8) is 0 Å². The lowest BCUT2D eigenvalue weighted by Crippen LogP contribution is -2.06. The molecule has 0 radical (unpaired) electrons. The number of fused-ring (bicyclic) bond motifs is 1. The molecule has 0 aliphatic heterocycles. The van der Waals surface area contributed by atoms with Crippen molar-refractivity contribution in [1.82, 2.24) is 4.98 Å². The Morgan fingerprint density at radius 1 is 1.11 bits per heavy atom. The number of pyridine rings is 1. The van der Waals surface area contributed by atoms with Crippen molar-refractivity contribution in [2.75, 3.05) is 0 Å². The lowest BCUT2D eigenvalue weighted by molar-refractivity contribution is 0.0696. The van der Waals surface area contributed by atoms with Gasteiger partial charge in [0.05, 0.1) is 11.1 Å². The lowest BCUT2D eigenvalue weighted by Gasteiger charge is -2.40. The second kappa shape index (κ2) is 3.16. The van der Waals surface area contributed by atoms with E-state index in [1.54, 1.807) is 0 Å². The molecule has 0 spiro atoms. The second-order valence-corrected chi connectivity index (χ2v) is 6.26. The van der Waals surface area contributed by atoms with E-state index in [-0.39, 0.29) is 28.6 Å². The highest BCUT2D eigenvalue weighted by molar-refractivity contribution is 8.45. The fourth-order valence-corrected chi connectivity index (χ4v) is 2.14. The Bertz CT molecular complexity index is 698. The van der Waals surface area contributed by atoms with E-state index in [0.29, 0.717) is 0 Å². The molecule has 3 nitrogen and oxygen atoms in total. The average molecular weight is 299 g/mol. The van der Waals surface area contributed by atoms with E-state index in [1.165, 1.54) is 0 Å². The number of carboxylic acid groups (broad SMARTS) is 1. The summed E-state index contributed by atoms with van der Waals surface area (Å²) in [5.74, 6) is -1.41. The molecule has 9 heteroatoms. The van der Waals surface area contributed by atoms with Crippen molar-refractivity contribution in [3.05, 3.63) is 36.0 Å². The molecule has 1 aromatic heterocycles. The van der Waals surface area contributed by atoms with E-state index in [2.05, 4.69) is 4.98 Å². The van der Waals surface area contributed by atoms with Crippen molar-refractivity contribution in [2.45, 2.75) is 4.90 Å². The normalized spacial score (nSPS) is 15.8. The molecule has 1 heterocycles. The molecule has 0 atom stereocenters. The van der Waals surface area contributed by atoms with E-state index in [9.17, 15) is 24.2 Å². The van der Waals surface area contributed by atoms with Crippen LogP contribution in [0.25, 0.3) is 10.9 Å². The SMILES string of the molecule is O=C(O)c1cnc2ccc(S(F)(F)(F)(F)F)cc2c1. The molecule has 0 unspecified atom stereocenters. The smallest absolute Gasteiger partial charge is 0.337 e. The number of carbonyl (C=O) groups is 1. The van der Waals surface area contributed by atoms with Gasteiger partial charge in [-0.25, -0.2) is 4.79 Å². The Morgan fingerprint density at radius 3 is 2.26 bits per heavy atom. The summed E-state index contributed by atoms with van der Waals surface area (Å²) in [5, 5.41) is 8.36. The van der Waals surface area contributed by atoms with E-state index >= 15 is 0 Å². The molecule has 1 aromatic carbocycles. The molecular formula is C10H6F5NO2S. The van der Waals surface area contributed by atoms with Crippen molar-refractivity contribution in [2.24, 2.45) is 0 Å². The highest BCUT2D eigenvalue weighted by atomic mass is 32.5. The first kappa shape index (κ1) is 13.5. The lowest BCUT2D eigenvalue weighted by atomic mass is 10.1. The number of rotatable bonds is 2. The third-order valence-corrected chi connectivity index (χ3v) is 3.49. The van der Waals surface area contributed by atoms with Crippen LogP contribution in [0.4, 0.5) is 19.4 Å². The van der Waals surface area contributed by atoms with Crippen LogP contribution in [0.2, 0.25) is 0 Å². The van der Waals surface area contributed by atoms with Gasteiger partial charge in [0.2, 0.25) is 0 Å². The second-order valence-electron chi connectivity index (χ2n) is 3.85. The third kappa shape index (κ3) is 2.75. The Balaban J connectivity index is 2.73. The summed E-state index contributed by atoms with van der Waals surface area (Å²) in [7, 11) is -9.78. The fourth-order valence-electron chi connectivity index (χ4n) is 1.47. The summed E-state index contributed by atoms with van der Waals surface area (Å²) < 4.78 is 63.0. The van der Waals surface area contributed by atoms with Crippen LogP contribution in [0, 0.1) is 0 Å². The summed E-state index contributed by atoms with van der Waals surface area (Å²) in [6, 6.07) is 2.07. The van der Waals surface area contributed by atoms with Gasteiger partial charge >= 0.3 is 16.2 Å². The number of halogens is 5. The molecule has 2 rings (SSSR count). The number of aromatic carboxylic acids is 1. The molecule has 104 valence electrons. The van der Waals surface area contributed by atoms with Crippen LogP contribution in [-0.2, 0) is 0 Å². The Kier molecular flexibility index (Phi) is 2.25. The van der Waals surface area contributed by atoms with Gasteiger partial charge in [-0.15, -0.1) is 0 Å². The Morgan fingerprint density at radius 2 is 1.74 bits per heavy atom. The van der Waals surface area contributed by atoms with Gasteiger partial charge in [0.25, 0.3) is 0 Å². The van der Waals surface area contributed by atoms with Gasteiger partial charge in [-0.2, -0.15) is 0 Å². The van der Waals surface area contributed by atoms with Gasteiger partial charge in [0, 0.05) is 11.6 Å². The van der Waals surface area contributed by atoms with Crippen LogP contribution >= 0.6 is 10.2 Å². The summed E-state index contributed by atoms with van der Waals surface area (Å²) in [5.41, 5.74) is -0.387. The predicted molar refractivity (Wildman–Crippen MR) is 60.1 cm³/mol. The van der Waals surface area contributed by atoms with Crippen LogP contribution in [0.3, 0.4) is 0 Å². The maximum absolute atomic E-state index is 12.6. The number of hydrogen-bond donors (Lipinski definition) is 1. The van der Waals surface area contributed by atoms with Crippen molar-refractivity contribution in [1.29, 1.82) is 0 Å². The van der Waals surface area contributed by atoms with Gasteiger partial charge in [0.1, 0.15) is 4.90 Å². The van der Waals surface area contributed by atoms with Gasteiger partial charge in [-0.05, 0) is 24.3 Å². The summed E-state index contributed by atoms with van der Waals surface area (Å²) >= 11 is 0. The minimum absolute atomic E-state index is 0.00407. The van der Waals surface area contributed by atoms with E-state index < -0.39 is 21.1 Å². The molecular weight excluding hydrogens is 293 g/mol. The molecule has 0 amide bonds. The molecule has 0 fully saturated rings. The number of carboxylic acids is 1. The first-order valence-corrected chi connectivity index (χ1v) is 6.69. The molecule has 0 bridgehead atoms. The highest BCUT2D eigenvalue weighted by Crippen LogP contribution is 3.02. The number of nitrogens with zero attached hydrogens (tertiary/aromatic N) is 1. The number of benzene rings is 1. The largest absolute Gasteiger partial charge is 0.478 e. The predicted octanol–water partition coefficient (Wildman–Crippen LogP) is 4.59. The fraction of sp³-hybridized carbons (Fsp3) is 0. The topological polar surface area (TPSA) is 50.2 Å². The molecule has 1 N–H and O–H groups in total. The first-order valence-electron chi connectivity index (χ1n) is 4.74. The monoisotopic (exact) mass is 299 g/mol. The van der Waals surface area contributed by atoms with Gasteiger partial charge in [-0.1, -0.05) is 19.4 Å². The molecule has 19 heavy (non-hydrogen) atoms. The van der Waals surface area contributed by atoms with Crippen LogP contribution in [0.1, 0.15) is 10.4 Å². The van der Waals surface area contributed by atoms with E-state index in [4.69, 9.17) is 5.11 Å². The molecule has 2 aromatic rings. The van der Waals surface area contributed by atoms with E-state index in [0.717, 1.165) is 18.3 Å². The van der Waals surface area contributed by atoms with Crippen LogP contribution in [0.5, 0.6) is 0 Å². The standard InChI is InChI=1S/C10H6F5NO2S/c11-19(12,13,14,15)8-1-2-9-6(4-8)3-7(5-16-9)10(17)18/h1-5H,(H,17,18). The minimum atomic E-state index is -9.78. The zero-order valence-electron chi connectivity index (χ0n) is 8.99. The minimum Gasteiger partial charge on any atom is -0.478 e. The van der Waals surface area contributed by atoms with Gasteiger partial charge < -0.3 is 5.11 Å². The molecule has 0 aliphatic rings. The number of aromatic nitrogens is 1. The zero-order valence-corrected chi connectivity index (χ0v) is 9.80. The summed E-state index contributed by atoms with van der Waals surface area (Å²) in [6.07, 6.45) is 0.935. The van der Waals surface area contributed by atoms with Gasteiger partial charge in [0.15, 0.2) is 0 Å². The average Bonchev–Trinajstić information content (AvgIpc) is 2.24. The zero-order chi connectivity index (χ0) is 14.5. The third-order valence-electron chi connectivity index (χ3n) is 2.35. The van der Waals surface area contributed by atoms with E-state index in [1.807, 2.05) is 0 Å². The summed E-state index contributed by atoms with van der Waals surface area (Å²) in [6.45, 7) is 0. The van der Waals surface area contributed by atoms with Gasteiger partial charge in [-0.3, -0.25) is 4.98 Å². The summed E-state index contributed by atoms with van der Waals surface area (Å²) in [4.78, 5) is 12.2. The molecule has 0 saturated heterocycles.